The van der Waals surface area contributed by atoms with Gasteiger partial charge in [0.15, 0.2) is 0 Å². The van der Waals surface area contributed by atoms with Gasteiger partial charge in [0, 0.05) is 12.3 Å². The van der Waals surface area contributed by atoms with Crippen LogP contribution < -0.4 is 0 Å². The highest BCUT2D eigenvalue weighted by Gasteiger charge is 2.70. The van der Waals surface area contributed by atoms with Gasteiger partial charge in [0.2, 0.25) is 0 Å². The molecule has 0 bridgehead atoms. The molecule has 0 aromatic rings. The summed E-state index contributed by atoms with van der Waals surface area (Å²) in [4.78, 5) is 12.7. The minimum absolute atomic E-state index is 0.237. The molecule has 0 radical (unpaired) electrons. The van der Waals surface area contributed by atoms with Crippen molar-refractivity contribution in [2.45, 2.75) is 126 Å². The zero-order chi connectivity index (χ0) is 22.7. The molecule has 5 aliphatic carbocycles. The van der Waals surface area contributed by atoms with Gasteiger partial charge in [0.1, 0.15) is 5.78 Å². The van der Waals surface area contributed by atoms with Gasteiger partial charge in [-0.3, -0.25) is 4.79 Å². The number of ketones is 1. The molecule has 5 aliphatic rings. The van der Waals surface area contributed by atoms with Gasteiger partial charge in [0.25, 0.3) is 0 Å². The van der Waals surface area contributed by atoms with Crippen LogP contribution in [0.3, 0.4) is 0 Å². The first-order valence-corrected chi connectivity index (χ1v) is 13.7. The summed E-state index contributed by atoms with van der Waals surface area (Å²) >= 11 is 0. The van der Waals surface area contributed by atoms with Crippen LogP contribution in [0.4, 0.5) is 0 Å². The first-order valence-electron chi connectivity index (χ1n) is 13.7. The third-order valence-electron chi connectivity index (χ3n) is 13.7. The summed E-state index contributed by atoms with van der Waals surface area (Å²) in [6, 6.07) is 0. The van der Waals surface area contributed by atoms with Gasteiger partial charge >= 0.3 is 0 Å². The van der Waals surface area contributed by atoms with Crippen molar-refractivity contribution in [3.63, 3.8) is 0 Å². The zero-order valence-corrected chi connectivity index (χ0v) is 22.0. The topological polar surface area (TPSA) is 17.1 Å². The summed E-state index contributed by atoms with van der Waals surface area (Å²) in [5, 5.41) is 0. The SMILES string of the molecule is C[C@H]1C(=O)CC[C@H]2[C@]1(C)CC[C@@H]1[C@]2(C)CC[C@@]2(C)[C@H]3CC(C)(C)CC[C@]3(C)CC[C@]12C. The Balaban J connectivity index is 1.55. The van der Waals surface area contributed by atoms with Crippen molar-refractivity contribution in [1.29, 1.82) is 0 Å². The maximum Gasteiger partial charge on any atom is 0.136 e. The molecule has 0 aromatic carbocycles. The fourth-order valence-corrected chi connectivity index (χ4v) is 11.2. The van der Waals surface area contributed by atoms with Crippen molar-refractivity contribution in [2.24, 2.45) is 56.2 Å². The molecule has 0 unspecified atom stereocenters. The van der Waals surface area contributed by atoms with E-state index in [0.717, 1.165) is 30.6 Å². The molecule has 176 valence electrons. The van der Waals surface area contributed by atoms with Gasteiger partial charge in [-0.05, 0) is 114 Å². The molecule has 0 spiro atoms. The van der Waals surface area contributed by atoms with Crippen LogP contribution >= 0.6 is 0 Å². The van der Waals surface area contributed by atoms with Crippen LogP contribution in [-0.4, -0.2) is 5.78 Å². The molecule has 0 aromatic heterocycles. The Labute approximate surface area is 192 Å². The quantitative estimate of drug-likeness (QED) is 0.379. The Kier molecular flexibility index (Phi) is 4.65. The van der Waals surface area contributed by atoms with E-state index in [4.69, 9.17) is 0 Å². The van der Waals surface area contributed by atoms with Crippen molar-refractivity contribution in [3.05, 3.63) is 0 Å². The highest BCUT2D eigenvalue weighted by molar-refractivity contribution is 5.82. The number of fused-ring (bicyclic) bond motifs is 7. The number of hydrogen-bond donors (Lipinski definition) is 0. The average molecular weight is 427 g/mol. The van der Waals surface area contributed by atoms with Crippen LogP contribution in [0.5, 0.6) is 0 Å². The van der Waals surface area contributed by atoms with Crippen LogP contribution in [0.1, 0.15) is 126 Å². The van der Waals surface area contributed by atoms with Crippen LogP contribution in [0, 0.1) is 56.2 Å². The van der Waals surface area contributed by atoms with Gasteiger partial charge in [-0.1, -0.05) is 55.4 Å². The van der Waals surface area contributed by atoms with Gasteiger partial charge in [0.05, 0.1) is 0 Å². The first kappa shape index (κ1) is 22.5. The molecule has 0 aliphatic heterocycles. The summed E-state index contributed by atoms with van der Waals surface area (Å²) < 4.78 is 0. The molecule has 5 fully saturated rings. The van der Waals surface area contributed by atoms with Crippen LogP contribution in [0.2, 0.25) is 0 Å². The molecule has 31 heavy (non-hydrogen) atoms. The van der Waals surface area contributed by atoms with Crippen molar-refractivity contribution in [3.8, 4) is 0 Å². The van der Waals surface area contributed by atoms with Crippen molar-refractivity contribution in [2.75, 3.05) is 0 Å². The van der Waals surface area contributed by atoms with Crippen molar-refractivity contribution >= 4 is 5.78 Å². The van der Waals surface area contributed by atoms with E-state index < -0.39 is 0 Å². The normalized spacial score (nSPS) is 58.5. The molecule has 0 N–H and O–H groups in total. The summed E-state index contributed by atoms with van der Waals surface area (Å²) in [5.74, 6) is 3.27. The average Bonchev–Trinajstić information content (AvgIpc) is 2.69. The third kappa shape index (κ3) is 2.70. The Morgan fingerprint density at radius 2 is 1.26 bits per heavy atom. The highest BCUT2D eigenvalue weighted by Crippen LogP contribution is 2.78. The summed E-state index contributed by atoms with van der Waals surface area (Å²) in [5.41, 5.74) is 2.67. The van der Waals surface area contributed by atoms with E-state index in [2.05, 4.69) is 55.4 Å². The molecule has 9 atom stereocenters. The number of hydrogen-bond acceptors (Lipinski definition) is 1. The fraction of sp³-hybridized carbons (Fsp3) is 0.967. The van der Waals surface area contributed by atoms with E-state index in [1.54, 1.807) is 0 Å². The first-order chi connectivity index (χ1) is 14.2. The Morgan fingerprint density at radius 3 is 1.97 bits per heavy atom. The molecule has 0 saturated heterocycles. The van der Waals surface area contributed by atoms with E-state index in [0.29, 0.717) is 32.9 Å². The summed E-state index contributed by atoms with van der Waals surface area (Å²) in [6.45, 7) is 20.7. The van der Waals surface area contributed by atoms with Crippen LogP contribution in [0.15, 0.2) is 0 Å². The lowest BCUT2D eigenvalue weighted by Gasteiger charge is -2.74. The fourth-order valence-electron chi connectivity index (χ4n) is 11.2. The van der Waals surface area contributed by atoms with E-state index >= 15 is 0 Å². The molecule has 5 rings (SSSR count). The van der Waals surface area contributed by atoms with E-state index in [9.17, 15) is 4.79 Å². The molecule has 0 amide bonds. The highest BCUT2D eigenvalue weighted by atomic mass is 16.1. The van der Waals surface area contributed by atoms with Crippen molar-refractivity contribution < 1.29 is 4.79 Å². The molecule has 0 heterocycles. The van der Waals surface area contributed by atoms with Gasteiger partial charge in [-0.25, -0.2) is 0 Å². The third-order valence-corrected chi connectivity index (χ3v) is 13.7. The molecule has 1 heteroatoms. The molecule has 1 nitrogen and oxygen atoms in total. The lowest BCUT2D eigenvalue weighted by atomic mass is 9.30. The Bertz CT molecular complexity index is 781. The van der Waals surface area contributed by atoms with E-state index in [1.165, 1.54) is 57.8 Å². The maximum absolute atomic E-state index is 12.7. The lowest BCUT2D eigenvalue weighted by molar-refractivity contribution is -0.256. The molecule has 5 saturated carbocycles. The Morgan fingerprint density at radius 1 is 0.645 bits per heavy atom. The standard InChI is InChI=1S/C30H50O/c1-20-21(31)9-10-22-27(20,5)12-11-23-28(22,6)16-18-30(8)24-19-25(2,3)13-14-26(24,4)15-17-29(23,30)7/h20,22-24H,9-19H2,1-8H3/t20-,22-,23+,24-,26+,27+,28+,29+,30-/m0/s1. The monoisotopic (exact) mass is 426 g/mol. The van der Waals surface area contributed by atoms with E-state index in [-0.39, 0.29) is 11.3 Å². The lowest BCUT2D eigenvalue weighted by Crippen LogP contribution is -2.67. The zero-order valence-electron chi connectivity index (χ0n) is 22.0. The number of rotatable bonds is 0. The minimum atomic E-state index is 0.237. The van der Waals surface area contributed by atoms with Crippen LogP contribution in [-0.2, 0) is 4.79 Å². The van der Waals surface area contributed by atoms with Crippen molar-refractivity contribution in [1.82, 2.24) is 0 Å². The smallest absolute Gasteiger partial charge is 0.136 e. The van der Waals surface area contributed by atoms with E-state index in [1.807, 2.05) is 0 Å². The maximum atomic E-state index is 12.7. The number of Topliss-reactive ketones (excluding diaryl/α,β-unsaturated/α-hetero) is 1. The number of carbonyl (C=O) groups excluding carboxylic acids is 1. The number of carbonyl (C=O) groups is 1. The molecular weight excluding hydrogens is 376 g/mol. The predicted molar refractivity (Wildman–Crippen MR) is 130 cm³/mol. The van der Waals surface area contributed by atoms with Gasteiger partial charge < -0.3 is 0 Å². The summed E-state index contributed by atoms with van der Waals surface area (Å²) in [6.07, 6.45) is 14.6. The second-order valence-electron chi connectivity index (χ2n) is 15.3. The second kappa shape index (κ2) is 6.41. The largest absolute Gasteiger partial charge is 0.299 e. The minimum Gasteiger partial charge on any atom is -0.299 e. The predicted octanol–water partition coefficient (Wildman–Crippen LogP) is 8.46. The van der Waals surface area contributed by atoms with Crippen LogP contribution in [0.25, 0.3) is 0 Å². The summed E-state index contributed by atoms with van der Waals surface area (Å²) in [7, 11) is 0. The second-order valence-corrected chi connectivity index (χ2v) is 15.3. The van der Waals surface area contributed by atoms with Gasteiger partial charge in [-0.2, -0.15) is 0 Å². The Hall–Kier alpha value is -0.330. The van der Waals surface area contributed by atoms with Gasteiger partial charge in [-0.15, -0.1) is 0 Å². The molecular formula is C30H50O.